The highest BCUT2D eigenvalue weighted by molar-refractivity contribution is 7.89. The Labute approximate surface area is 124 Å². The van der Waals surface area contributed by atoms with Crippen molar-refractivity contribution >= 4 is 21.6 Å². The number of halogens is 1. The summed E-state index contributed by atoms with van der Waals surface area (Å²) in [5.74, 6) is 0.780. The lowest BCUT2D eigenvalue weighted by Crippen LogP contribution is -2.25. The Kier molecular flexibility index (Phi) is 4.90. The number of nitrogens with one attached hydrogen (secondary N) is 1. The minimum atomic E-state index is -3.70. The van der Waals surface area contributed by atoms with E-state index in [1.165, 1.54) is 32.1 Å². The molecule has 0 spiro atoms. The fraction of sp³-hybridized carbons (Fsp3) is 0.538. The maximum Gasteiger partial charge on any atom is 0.244 e. The van der Waals surface area contributed by atoms with Crippen molar-refractivity contribution in [3.05, 3.63) is 22.7 Å². The molecule has 2 rings (SSSR count). The van der Waals surface area contributed by atoms with Gasteiger partial charge in [-0.15, -0.1) is 0 Å². The van der Waals surface area contributed by atoms with Gasteiger partial charge < -0.3 is 9.84 Å². The summed E-state index contributed by atoms with van der Waals surface area (Å²) in [6.07, 6.45) is 3.20. The molecule has 0 unspecified atom stereocenters. The van der Waals surface area contributed by atoms with Gasteiger partial charge in [-0.2, -0.15) is 0 Å². The van der Waals surface area contributed by atoms with Crippen LogP contribution in [0.15, 0.2) is 17.0 Å². The highest BCUT2D eigenvalue weighted by Crippen LogP contribution is 2.33. The number of sulfonamides is 1. The fourth-order valence-corrected chi connectivity index (χ4v) is 3.64. The summed E-state index contributed by atoms with van der Waals surface area (Å²) in [6.45, 7) is 0.0610. The van der Waals surface area contributed by atoms with Crippen LogP contribution >= 0.6 is 11.6 Å². The predicted molar refractivity (Wildman–Crippen MR) is 76.5 cm³/mol. The smallest absolute Gasteiger partial charge is 0.244 e. The number of methoxy groups -OCH3 is 1. The Hall–Kier alpha value is -0.820. The minimum Gasteiger partial charge on any atom is -0.495 e. The second-order valence-electron chi connectivity index (χ2n) is 4.88. The van der Waals surface area contributed by atoms with Gasteiger partial charge in [0.1, 0.15) is 10.6 Å². The van der Waals surface area contributed by atoms with Gasteiger partial charge in [-0.25, -0.2) is 13.1 Å². The van der Waals surface area contributed by atoms with Crippen molar-refractivity contribution in [1.82, 2.24) is 4.72 Å². The SMILES string of the molecule is COc1c(CO)cc(Cl)cc1S(=O)(=O)NCCC1CC1. The van der Waals surface area contributed by atoms with Gasteiger partial charge in [0.25, 0.3) is 0 Å². The van der Waals surface area contributed by atoms with Crippen molar-refractivity contribution < 1.29 is 18.3 Å². The third-order valence-electron chi connectivity index (χ3n) is 3.30. The average Bonchev–Trinajstić information content (AvgIpc) is 3.21. The molecule has 2 N–H and O–H groups in total. The normalized spacial score (nSPS) is 15.3. The number of rotatable bonds is 7. The second kappa shape index (κ2) is 6.30. The average molecular weight is 320 g/mol. The molecule has 1 aromatic carbocycles. The summed E-state index contributed by atoms with van der Waals surface area (Å²) in [6, 6.07) is 2.82. The Morgan fingerprint density at radius 2 is 2.15 bits per heavy atom. The van der Waals surface area contributed by atoms with E-state index in [9.17, 15) is 13.5 Å². The van der Waals surface area contributed by atoms with E-state index in [0.717, 1.165) is 6.42 Å². The molecule has 1 aliphatic rings. The molecule has 1 aromatic rings. The van der Waals surface area contributed by atoms with Crippen LogP contribution in [0.5, 0.6) is 5.75 Å². The Morgan fingerprint density at radius 1 is 1.45 bits per heavy atom. The molecule has 5 nitrogen and oxygen atoms in total. The van der Waals surface area contributed by atoms with Crippen LogP contribution in [0.1, 0.15) is 24.8 Å². The first-order valence-electron chi connectivity index (χ1n) is 6.45. The number of ether oxygens (including phenoxy) is 1. The van der Waals surface area contributed by atoms with Gasteiger partial charge in [0.05, 0.1) is 13.7 Å². The van der Waals surface area contributed by atoms with Gasteiger partial charge >= 0.3 is 0 Å². The first kappa shape index (κ1) is 15.6. The molecule has 7 heteroatoms. The van der Waals surface area contributed by atoms with E-state index in [-0.39, 0.29) is 22.3 Å². The van der Waals surface area contributed by atoms with Crippen molar-refractivity contribution in [2.24, 2.45) is 5.92 Å². The van der Waals surface area contributed by atoms with E-state index < -0.39 is 10.0 Å². The first-order chi connectivity index (χ1) is 9.47. The molecular formula is C13H18ClNO4S. The third-order valence-corrected chi connectivity index (χ3v) is 4.99. The van der Waals surface area contributed by atoms with E-state index in [2.05, 4.69) is 4.72 Å². The maximum absolute atomic E-state index is 12.3. The zero-order chi connectivity index (χ0) is 14.8. The molecule has 0 amide bonds. The molecule has 0 atom stereocenters. The fourth-order valence-electron chi connectivity index (χ4n) is 2.05. The lowest BCUT2D eigenvalue weighted by molar-refractivity contribution is 0.272. The molecular weight excluding hydrogens is 302 g/mol. The van der Waals surface area contributed by atoms with Crippen molar-refractivity contribution in [3.8, 4) is 5.75 Å². The van der Waals surface area contributed by atoms with Crippen LogP contribution in [0.3, 0.4) is 0 Å². The van der Waals surface area contributed by atoms with Crippen LogP contribution < -0.4 is 9.46 Å². The molecule has 0 radical (unpaired) electrons. The monoisotopic (exact) mass is 319 g/mol. The summed E-state index contributed by atoms with van der Waals surface area (Å²) in [4.78, 5) is -0.0349. The quantitative estimate of drug-likeness (QED) is 0.805. The van der Waals surface area contributed by atoms with Gasteiger partial charge in [0.15, 0.2) is 0 Å². The van der Waals surface area contributed by atoms with Crippen LogP contribution in [0, 0.1) is 5.92 Å². The summed E-state index contributed by atoms with van der Waals surface area (Å²) >= 11 is 5.90. The van der Waals surface area contributed by atoms with Gasteiger partial charge in [-0.3, -0.25) is 0 Å². The van der Waals surface area contributed by atoms with Crippen LogP contribution in [-0.2, 0) is 16.6 Å². The lowest BCUT2D eigenvalue weighted by atomic mass is 10.2. The largest absolute Gasteiger partial charge is 0.495 e. The van der Waals surface area contributed by atoms with Crippen LogP contribution in [0.4, 0.5) is 0 Å². The van der Waals surface area contributed by atoms with E-state index in [1.54, 1.807) is 0 Å². The van der Waals surface area contributed by atoms with Gasteiger partial charge in [-0.1, -0.05) is 24.4 Å². The van der Waals surface area contributed by atoms with Gasteiger partial charge in [0.2, 0.25) is 10.0 Å². The molecule has 1 saturated carbocycles. The molecule has 0 aromatic heterocycles. The molecule has 1 fully saturated rings. The second-order valence-corrected chi connectivity index (χ2v) is 7.06. The number of hydrogen-bond acceptors (Lipinski definition) is 4. The number of benzene rings is 1. The van der Waals surface area contributed by atoms with Gasteiger partial charge in [-0.05, 0) is 24.5 Å². The standard InChI is InChI=1S/C13H18ClNO4S/c1-19-13-10(8-16)6-11(14)7-12(13)20(17,18)15-5-4-9-2-3-9/h6-7,9,15-16H,2-5,8H2,1H3. The molecule has 1 aliphatic carbocycles. The molecule has 0 aliphatic heterocycles. The van der Waals surface area contributed by atoms with E-state index >= 15 is 0 Å². The van der Waals surface area contributed by atoms with Gasteiger partial charge in [0, 0.05) is 17.1 Å². The zero-order valence-electron chi connectivity index (χ0n) is 11.2. The molecule has 0 bridgehead atoms. The van der Waals surface area contributed by atoms with Crippen LogP contribution in [0.25, 0.3) is 0 Å². The Morgan fingerprint density at radius 3 is 2.70 bits per heavy atom. The molecule has 112 valence electrons. The van der Waals surface area contributed by atoms with Crippen LogP contribution in [0.2, 0.25) is 5.02 Å². The van der Waals surface area contributed by atoms with Crippen molar-refractivity contribution in [3.63, 3.8) is 0 Å². The third kappa shape index (κ3) is 3.63. The number of aliphatic hydroxyl groups is 1. The number of aliphatic hydroxyl groups excluding tert-OH is 1. The highest BCUT2D eigenvalue weighted by atomic mass is 35.5. The van der Waals surface area contributed by atoms with Crippen molar-refractivity contribution in [2.45, 2.75) is 30.8 Å². The maximum atomic E-state index is 12.3. The summed E-state index contributed by atoms with van der Waals surface area (Å²) in [7, 11) is -2.33. The molecule has 20 heavy (non-hydrogen) atoms. The Balaban J connectivity index is 2.26. The van der Waals surface area contributed by atoms with E-state index in [1.807, 2.05) is 0 Å². The topological polar surface area (TPSA) is 75.6 Å². The summed E-state index contributed by atoms with van der Waals surface area (Å²) in [5.41, 5.74) is 0.350. The van der Waals surface area contributed by atoms with Crippen molar-refractivity contribution in [1.29, 1.82) is 0 Å². The predicted octanol–water partition coefficient (Wildman–Crippen LogP) is 1.92. The molecule has 0 saturated heterocycles. The van der Waals surface area contributed by atoms with Crippen LogP contribution in [-0.4, -0.2) is 27.2 Å². The van der Waals surface area contributed by atoms with E-state index in [0.29, 0.717) is 18.0 Å². The van der Waals surface area contributed by atoms with Crippen molar-refractivity contribution in [2.75, 3.05) is 13.7 Å². The molecule has 0 heterocycles. The highest BCUT2D eigenvalue weighted by Gasteiger charge is 2.25. The summed E-state index contributed by atoms with van der Waals surface area (Å²) in [5, 5.41) is 9.52. The Bertz CT molecular complexity index is 584. The lowest BCUT2D eigenvalue weighted by Gasteiger charge is -2.14. The zero-order valence-corrected chi connectivity index (χ0v) is 12.8. The minimum absolute atomic E-state index is 0.0349. The first-order valence-corrected chi connectivity index (χ1v) is 8.31. The summed E-state index contributed by atoms with van der Waals surface area (Å²) < 4.78 is 32.3. The number of hydrogen-bond donors (Lipinski definition) is 2. The van der Waals surface area contributed by atoms with E-state index in [4.69, 9.17) is 16.3 Å².